The molecular weight excluding hydrogens is 506 g/mol. The van der Waals surface area contributed by atoms with Gasteiger partial charge in [0.25, 0.3) is 5.91 Å². The van der Waals surface area contributed by atoms with Crippen molar-refractivity contribution >= 4 is 29.0 Å². The fraction of sp³-hybridized carbons (Fsp3) is 0.625. The molecule has 7 nitrogen and oxygen atoms in total. The van der Waals surface area contributed by atoms with Gasteiger partial charge in [0.2, 0.25) is 0 Å². The highest BCUT2D eigenvalue weighted by Gasteiger charge is 2.51. The van der Waals surface area contributed by atoms with Crippen molar-refractivity contribution in [1.29, 1.82) is 0 Å². The number of hydrogen-bond acceptors (Lipinski definition) is 6. The third-order valence-electron chi connectivity index (χ3n) is 7.82. The van der Waals surface area contributed by atoms with Crippen LogP contribution < -0.4 is 22.3 Å². The van der Waals surface area contributed by atoms with Gasteiger partial charge in [-0.3, -0.25) is 9.59 Å². The van der Waals surface area contributed by atoms with Crippen molar-refractivity contribution in [2.75, 3.05) is 31.5 Å². The minimum absolute atomic E-state index is 0. The van der Waals surface area contributed by atoms with Crippen LogP contribution in [0, 0.1) is 5.92 Å². The summed E-state index contributed by atoms with van der Waals surface area (Å²) in [5.74, 6) is 0.743. The number of hydrogen-bond donors (Lipinski definition) is 1. The van der Waals surface area contributed by atoms with Gasteiger partial charge in [0, 0.05) is 29.7 Å². The van der Waals surface area contributed by atoms with E-state index in [2.05, 4.69) is 21.9 Å². The Bertz CT molecular complexity index is 918. The average Bonchev–Trinajstić information content (AvgIpc) is 3.45. The molecule has 4 aliphatic rings. The van der Waals surface area contributed by atoms with Crippen molar-refractivity contribution in [3.05, 3.63) is 34.7 Å². The molecule has 2 aromatic heterocycles. The Morgan fingerprint density at radius 2 is 1.94 bits per heavy atom. The molecule has 4 fully saturated rings. The maximum atomic E-state index is 13.7. The number of piperidine rings is 3. The molecular formula is C24H32BrN3O4S. The maximum Gasteiger partial charge on any atom is 0.317 e. The summed E-state index contributed by atoms with van der Waals surface area (Å²) >= 11 is 1.68. The van der Waals surface area contributed by atoms with Crippen LogP contribution in [-0.2, 0) is 19.7 Å². The van der Waals surface area contributed by atoms with E-state index >= 15 is 0 Å². The number of thiophene rings is 1. The first-order valence-electron chi connectivity index (χ1n) is 11.9. The van der Waals surface area contributed by atoms with Gasteiger partial charge >= 0.3 is 5.97 Å². The highest BCUT2D eigenvalue weighted by molar-refractivity contribution is 7.10. The summed E-state index contributed by atoms with van der Waals surface area (Å²) in [6.45, 7) is 3.02. The van der Waals surface area contributed by atoms with Crippen molar-refractivity contribution in [2.24, 2.45) is 5.92 Å². The summed E-state index contributed by atoms with van der Waals surface area (Å²) in [5, 5.41) is 8.66. The predicted octanol–water partition coefficient (Wildman–Crippen LogP) is 1.12. The lowest BCUT2D eigenvalue weighted by Gasteiger charge is -2.51. The average molecular weight is 539 g/mol. The lowest BCUT2D eigenvalue weighted by atomic mass is 9.78. The smallest absolute Gasteiger partial charge is 0.317 e. The minimum Gasteiger partial charge on any atom is -1.00 e. The number of rotatable bonds is 6. The van der Waals surface area contributed by atoms with E-state index in [9.17, 15) is 9.59 Å². The van der Waals surface area contributed by atoms with Crippen LogP contribution in [0.3, 0.4) is 0 Å². The molecule has 3 saturated heterocycles. The fourth-order valence-corrected chi connectivity index (χ4v) is 7.00. The van der Waals surface area contributed by atoms with Gasteiger partial charge in [-0.15, -0.1) is 11.3 Å². The monoisotopic (exact) mass is 537 g/mol. The number of nitrogens with zero attached hydrogens (tertiary/aromatic N) is 2. The molecule has 5 heterocycles. The van der Waals surface area contributed by atoms with Gasteiger partial charge in [0.15, 0.2) is 18.5 Å². The molecule has 0 radical (unpaired) electrons. The van der Waals surface area contributed by atoms with Gasteiger partial charge in [-0.05, 0) is 24.3 Å². The molecule has 9 heteroatoms. The molecule has 1 amide bonds. The number of quaternary nitrogens is 1. The standard InChI is InChI=1S/C24H31N3O4S.BrH/c28-22(25-21-9-14-30-26-21)17-27-12-7-18(8-13-27)19(16-27)31-23(29)24(20-6-5-15-32-20)10-3-1-2-4-11-24;/h5-6,9,14-15,18-19H,1-4,7-8,10-13,16-17H2;1H/t18?,19-,27?;/m0./s1. The molecule has 1 atom stereocenters. The third-order valence-corrected chi connectivity index (χ3v) is 8.90. The number of carbonyl (C=O) groups excluding carboxylic acids is 2. The van der Waals surface area contributed by atoms with Crippen molar-refractivity contribution in [3.63, 3.8) is 0 Å². The van der Waals surface area contributed by atoms with Crippen molar-refractivity contribution in [1.82, 2.24) is 5.16 Å². The van der Waals surface area contributed by atoms with Gasteiger partial charge in [-0.2, -0.15) is 0 Å². The van der Waals surface area contributed by atoms with E-state index in [0.717, 1.165) is 63.0 Å². The second kappa shape index (κ2) is 10.3. The maximum absolute atomic E-state index is 13.7. The molecule has 2 aromatic rings. The third kappa shape index (κ3) is 5.05. The fourth-order valence-electron chi connectivity index (χ4n) is 6.03. The lowest BCUT2D eigenvalue weighted by molar-refractivity contribution is -0.939. The summed E-state index contributed by atoms with van der Waals surface area (Å²) in [7, 11) is 0. The van der Waals surface area contributed by atoms with E-state index in [-0.39, 0.29) is 35.0 Å². The zero-order chi connectivity index (χ0) is 22.0. The van der Waals surface area contributed by atoms with Crippen molar-refractivity contribution < 1.29 is 40.3 Å². The normalized spacial score (nSPS) is 28.4. The molecule has 33 heavy (non-hydrogen) atoms. The van der Waals surface area contributed by atoms with Crippen LogP contribution in [0.25, 0.3) is 0 Å². The zero-order valence-corrected chi connectivity index (χ0v) is 21.2. The van der Waals surface area contributed by atoms with Gasteiger partial charge in [-0.1, -0.05) is 36.9 Å². The number of aromatic nitrogens is 1. The summed E-state index contributed by atoms with van der Waals surface area (Å²) in [5.41, 5.74) is -0.494. The second-order valence-electron chi connectivity index (χ2n) is 9.82. The highest BCUT2D eigenvalue weighted by atomic mass is 79.9. The molecule has 0 unspecified atom stereocenters. The Kier molecular flexibility index (Phi) is 7.60. The SMILES string of the molecule is O=C(C[N+]12CCC(CC1)[C@@H](OC(=O)C1(c3cccs3)CCCCCC1)C2)Nc1ccon1.[Br-]. The molecule has 0 aromatic carbocycles. The van der Waals surface area contributed by atoms with Crippen LogP contribution in [0.15, 0.2) is 34.4 Å². The Morgan fingerprint density at radius 3 is 2.58 bits per heavy atom. The Balaban J connectivity index is 0.00000259. The van der Waals surface area contributed by atoms with E-state index in [1.54, 1.807) is 17.4 Å². The summed E-state index contributed by atoms with van der Waals surface area (Å²) in [4.78, 5) is 27.6. The van der Waals surface area contributed by atoms with E-state index in [4.69, 9.17) is 9.26 Å². The molecule has 6 rings (SSSR count). The number of nitrogens with one attached hydrogen (secondary N) is 1. The molecule has 2 bridgehead atoms. The number of esters is 1. The molecule has 3 aliphatic heterocycles. The number of halogens is 1. The topological polar surface area (TPSA) is 81.4 Å². The number of carbonyl (C=O) groups is 2. The number of fused-ring (bicyclic) bond motifs is 3. The van der Waals surface area contributed by atoms with Crippen LogP contribution in [-0.4, -0.2) is 53.8 Å². The number of amides is 1. The molecule has 180 valence electrons. The Hall–Kier alpha value is -1.71. The molecule has 1 aliphatic carbocycles. The number of ether oxygens (including phenoxy) is 1. The Morgan fingerprint density at radius 1 is 1.18 bits per heavy atom. The van der Waals surface area contributed by atoms with Gasteiger partial charge in [-0.25, -0.2) is 0 Å². The predicted molar refractivity (Wildman–Crippen MR) is 121 cm³/mol. The molecule has 1 N–H and O–H groups in total. The summed E-state index contributed by atoms with van der Waals surface area (Å²) < 4.78 is 11.8. The molecule has 1 saturated carbocycles. The summed E-state index contributed by atoms with van der Waals surface area (Å²) in [6, 6.07) is 5.79. The van der Waals surface area contributed by atoms with Crippen LogP contribution in [0.2, 0.25) is 0 Å². The van der Waals surface area contributed by atoms with E-state index in [0.29, 0.717) is 22.8 Å². The summed E-state index contributed by atoms with van der Waals surface area (Å²) in [6.07, 6.45) is 9.62. The quantitative estimate of drug-likeness (QED) is 0.339. The zero-order valence-electron chi connectivity index (χ0n) is 18.8. The Labute approximate surface area is 209 Å². The van der Waals surface area contributed by atoms with E-state index in [1.165, 1.54) is 19.1 Å². The second-order valence-corrected chi connectivity index (χ2v) is 10.8. The largest absolute Gasteiger partial charge is 1.00 e. The van der Waals surface area contributed by atoms with Crippen molar-refractivity contribution in [2.45, 2.75) is 62.9 Å². The van der Waals surface area contributed by atoms with Crippen LogP contribution in [0.5, 0.6) is 0 Å². The van der Waals surface area contributed by atoms with Crippen LogP contribution in [0.1, 0.15) is 56.2 Å². The lowest BCUT2D eigenvalue weighted by Crippen LogP contribution is -3.00. The van der Waals surface area contributed by atoms with E-state index < -0.39 is 5.41 Å². The number of anilines is 1. The van der Waals surface area contributed by atoms with E-state index in [1.807, 2.05) is 6.07 Å². The van der Waals surface area contributed by atoms with Crippen LogP contribution in [0.4, 0.5) is 5.82 Å². The first kappa shape index (κ1) is 24.4. The van der Waals surface area contributed by atoms with Gasteiger partial charge in [0.1, 0.15) is 18.2 Å². The van der Waals surface area contributed by atoms with Crippen molar-refractivity contribution in [3.8, 4) is 0 Å². The van der Waals surface area contributed by atoms with Gasteiger partial charge in [0.05, 0.1) is 13.1 Å². The molecule has 0 spiro atoms. The highest BCUT2D eigenvalue weighted by Crippen LogP contribution is 2.43. The van der Waals surface area contributed by atoms with Gasteiger partial charge < -0.3 is 36.0 Å². The first-order chi connectivity index (χ1) is 15.6. The first-order valence-corrected chi connectivity index (χ1v) is 12.8. The minimum atomic E-state index is -0.494. The van der Waals surface area contributed by atoms with Crippen LogP contribution >= 0.6 is 11.3 Å².